The first kappa shape index (κ1) is 24.8. The molecule has 170 valence electrons. The minimum absolute atomic E-state index is 0. The molecule has 2 heterocycles. The Morgan fingerprint density at radius 1 is 1.13 bits per heavy atom. The van der Waals surface area contributed by atoms with Crippen molar-refractivity contribution in [1.29, 1.82) is 0 Å². The van der Waals surface area contributed by atoms with Gasteiger partial charge in [0.2, 0.25) is 12.7 Å². The first-order valence-electron chi connectivity index (χ1n) is 9.50. The summed E-state index contributed by atoms with van der Waals surface area (Å²) >= 11 is 0. The Morgan fingerprint density at radius 3 is 2.71 bits per heavy atom. The predicted octanol–water partition coefficient (Wildman–Crippen LogP) is 3.05. The van der Waals surface area contributed by atoms with Crippen molar-refractivity contribution in [3.8, 4) is 11.5 Å². The lowest BCUT2D eigenvalue weighted by Gasteiger charge is -2.12. The van der Waals surface area contributed by atoms with Crippen molar-refractivity contribution in [1.82, 2.24) is 20.6 Å². The summed E-state index contributed by atoms with van der Waals surface area (Å²) in [4.78, 5) is 11.8. The van der Waals surface area contributed by atoms with E-state index in [1.807, 2.05) is 25.1 Å². The van der Waals surface area contributed by atoms with E-state index in [1.165, 1.54) is 0 Å². The number of benzene rings is 1. The third-order valence-corrected chi connectivity index (χ3v) is 4.10. The number of rotatable bonds is 8. The van der Waals surface area contributed by atoms with Gasteiger partial charge in [-0.3, -0.25) is 4.99 Å². The summed E-state index contributed by atoms with van der Waals surface area (Å²) in [5.74, 6) is 2.03. The van der Waals surface area contributed by atoms with Crippen LogP contribution in [0.1, 0.15) is 18.2 Å². The largest absolute Gasteiger partial charge is 0.454 e. The second-order valence-corrected chi connectivity index (χ2v) is 6.32. The van der Waals surface area contributed by atoms with Gasteiger partial charge in [0.1, 0.15) is 5.69 Å². The zero-order valence-corrected chi connectivity index (χ0v) is 19.2. The maximum absolute atomic E-state index is 12.7. The van der Waals surface area contributed by atoms with Gasteiger partial charge in [0.15, 0.2) is 17.5 Å². The van der Waals surface area contributed by atoms with Crippen LogP contribution in [0.15, 0.2) is 35.5 Å². The van der Waals surface area contributed by atoms with Gasteiger partial charge >= 0.3 is 6.18 Å². The molecule has 8 nitrogen and oxygen atoms in total. The molecular weight excluding hydrogens is 528 g/mol. The van der Waals surface area contributed by atoms with Crippen molar-refractivity contribution in [2.45, 2.75) is 19.5 Å². The standard InChI is InChI=1S/C19H23F3N6O2.HI/c1-2-23-17(24-7-5-13-3-4-14-15(11-13)30-12-29-14)26-9-10-27-18-25-8-6-16(28-18)19(20,21)22;/h3-4,6,8,11H,2,5,7,9-10,12H2,1H3,(H2,23,24,26)(H,25,27,28);1H. The zero-order valence-electron chi connectivity index (χ0n) is 16.8. The SMILES string of the molecule is CCNC(=NCCc1ccc2c(c1)OCO2)NCCNc1nccc(C(F)(F)F)n1.I. The van der Waals surface area contributed by atoms with Crippen molar-refractivity contribution in [3.05, 3.63) is 41.7 Å². The molecule has 0 atom stereocenters. The summed E-state index contributed by atoms with van der Waals surface area (Å²) in [7, 11) is 0. The highest BCUT2D eigenvalue weighted by Gasteiger charge is 2.32. The molecule has 0 unspecified atom stereocenters. The van der Waals surface area contributed by atoms with Crippen LogP contribution in [0, 0.1) is 0 Å². The normalized spacial score (nSPS) is 12.8. The molecule has 0 bridgehead atoms. The van der Waals surface area contributed by atoms with Crippen LogP contribution in [0.2, 0.25) is 0 Å². The van der Waals surface area contributed by atoms with Gasteiger partial charge in [-0.05, 0) is 37.1 Å². The van der Waals surface area contributed by atoms with E-state index in [4.69, 9.17) is 9.47 Å². The number of hydrogen-bond acceptors (Lipinski definition) is 6. The van der Waals surface area contributed by atoms with Crippen molar-refractivity contribution >= 4 is 35.9 Å². The summed E-state index contributed by atoms with van der Waals surface area (Å²) in [5.41, 5.74) is 0.105. The number of nitrogens with zero attached hydrogens (tertiary/aromatic N) is 3. The fourth-order valence-electron chi connectivity index (χ4n) is 2.69. The van der Waals surface area contributed by atoms with E-state index in [-0.39, 0.29) is 36.7 Å². The molecule has 0 amide bonds. The maximum atomic E-state index is 12.7. The van der Waals surface area contributed by atoms with Crippen LogP contribution in [0.3, 0.4) is 0 Å². The molecule has 1 aromatic carbocycles. The Labute approximate surface area is 195 Å². The first-order valence-corrected chi connectivity index (χ1v) is 9.50. The number of nitrogens with one attached hydrogen (secondary N) is 3. The lowest BCUT2D eigenvalue weighted by Crippen LogP contribution is -2.39. The van der Waals surface area contributed by atoms with Crippen LogP contribution in [0.25, 0.3) is 0 Å². The molecular formula is C19H24F3IN6O2. The highest BCUT2D eigenvalue weighted by Crippen LogP contribution is 2.32. The number of anilines is 1. The average molecular weight is 552 g/mol. The Balaban J connectivity index is 0.00000341. The van der Waals surface area contributed by atoms with Crippen LogP contribution >= 0.6 is 24.0 Å². The number of fused-ring (bicyclic) bond motifs is 1. The number of guanidine groups is 1. The van der Waals surface area contributed by atoms with Gasteiger partial charge in [0.25, 0.3) is 0 Å². The van der Waals surface area contributed by atoms with E-state index in [1.54, 1.807) is 0 Å². The van der Waals surface area contributed by atoms with Gasteiger partial charge in [0.05, 0.1) is 0 Å². The van der Waals surface area contributed by atoms with Crippen LogP contribution in [-0.4, -0.2) is 48.9 Å². The summed E-state index contributed by atoms with van der Waals surface area (Å²) in [5, 5.41) is 9.01. The smallest absolute Gasteiger partial charge is 0.433 e. The Kier molecular flexibility index (Phi) is 9.40. The lowest BCUT2D eigenvalue weighted by atomic mass is 10.1. The van der Waals surface area contributed by atoms with Crippen molar-refractivity contribution in [3.63, 3.8) is 0 Å². The third-order valence-electron chi connectivity index (χ3n) is 4.10. The first-order chi connectivity index (χ1) is 14.5. The number of alkyl halides is 3. The minimum atomic E-state index is -4.50. The van der Waals surface area contributed by atoms with Crippen LogP contribution in [0.4, 0.5) is 19.1 Å². The lowest BCUT2D eigenvalue weighted by molar-refractivity contribution is -0.141. The van der Waals surface area contributed by atoms with Crippen molar-refractivity contribution in [2.75, 3.05) is 38.3 Å². The molecule has 0 saturated carbocycles. The third kappa shape index (κ3) is 7.60. The van der Waals surface area contributed by atoms with E-state index in [2.05, 4.69) is 30.9 Å². The molecule has 1 aliphatic heterocycles. The molecule has 3 rings (SSSR count). The fourth-order valence-corrected chi connectivity index (χ4v) is 2.69. The molecule has 1 aliphatic rings. The minimum Gasteiger partial charge on any atom is -0.454 e. The van der Waals surface area contributed by atoms with Crippen molar-refractivity contribution in [2.24, 2.45) is 4.99 Å². The molecule has 0 fully saturated rings. The molecule has 0 spiro atoms. The zero-order chi connectivity index (χ0) is 21.4. The summed E-state index contributed by atoms with van der Waals surface area (Å²) in [6.45, 7) is 4.18. The van der Waals surface area contributed by atoms with Gasteiger partial charge in [-0.2, -0.15) is 13.2 Å². The van der Waals surface area contributed by atoms with E-state index in [9.17, 15) is 13.2 Å². The van der Waals surface area contributed by atoms with Crippen LogP contribution < -0.4 is 25.4 Å². The highest BCUT2D eigenvalue weighted by atomic mass is 127. The van der Waals surface area contributed by atoms with E-state index < -0.39 is 11.9 Å². The molecule has 3 N–H and O–H groups in total. The van der Waals surface area contributed by atoms with Gasteiger partial charge in [-0.1, -0.05) is 6.07 Å². The Hall–Kier alpha value is -2.51. The Morgan fingerprint density at radius 2 is 1.94 bits per heavy atom. The summed E-state index contributed by atoms with van der Waals surface area (Å²) in [6, 6.07) is 6.63. The van der Waals surface area contributed by atoms with E-state index in [0.717, 1.165) is 35.7 Å². The molecule has 1 aromatic heterocycles. The molecule has 0 radical (unpaired) electrons. The number of aliphatic imine (C=N–C) groups is 1. The summed E-state index contributed by atoms with van der Waals surface area (Å²) in [6.07, 6.45) is -2.70. The van der Waals surface area contributed by atoms with Gasteiger partial charge in [0, 0.05) is 32.4 Å². The molecule has 0 saturated heterocycles. The maximum Gasteiger partial charge on any atom is 0.433 e. The van der Waals surface area contributed by atoms with E-state index >= 15 is 0 Å². The second kappa shape index (κ2) is 11.8. The van der Waals surface area contributed by atoms with Crippen molar-refractivity contribution < 1.29 is 22.6 Å². The molecule has 0 aliphatic carbocycles. The van der Waals surface area contributed by atoms with Gasteiger partial charge in [-0.15, -0.1) is 24.0 Å². The van der Waals surface area contributed by atoms with Crippen LogP contribution in [0.5, 0.6) is 11.5 Å². The molecule has 12 heteroatoms. The van der Waals surface area contributed by atoms with Gasteiger partial charge in [-0.25, -0.2) is 9.97 Å². The monoisotopic (exact) mass is 552 g/mol. The number of aromatic nitrogens is 2. The highest BCUT2D eigenvalue weighted by molar-refractivity contribution is 14.0. The number of hydrogen-bond donors (Lipinski definition) is 3. The number of ether oxygens (including phenoxy) is 2. The second-order valence-electron chi connectivity index (χ2n) is 6.32. The summed E-state index contributed by atoms with van der Waals surface area (Å²) < 4.78 is 48.7. The Bertz CT molecular complexity index is 882. The van der Waals surface area contributed by atoms with Crippen LogP contribution in [-0.2, 0) is 12.6 Å². The van der Waals surface area contributed by atoms with Gasteiger partial charge < -0.3 is 25.4 Å². The predicted molar refractivity (Wildman–Crippen MR) is 121 cm³/mol. The fraction of sp³-hybridized carbons (Fsp3) is 0.421. The molecule has 31 heavy (non-hydrogen) atoms. The topological polar surface area (TPSA) is 92.7 Å². The van der Waals surface area contributed by atoms with E-state index in [0.29, 0.717) is 32.1 Å². The molecule has 2 aromatic rings. The number of halogens is 4. The average Bonchev–Trinajstić information content (AvgIpc) is 3.18. The quantitative estimate of drug-likeness (QED) is 0.201.